The van der Waals surface area contributed by atoms with Crippen molar-refractivity contribution in [2.24, 2.45) is 4.99 Å². The number of rotatable bonds is 2. The van der Waals surface area contributed by atoms with Gasteiger partial charge in [-0.25, -0.2) is 4.99 Å². The molecular formula is C14H9ClN2. The number of nitrogens with zero attached hydrogens (tertiary/aromatic N) is 2. The molecule has 0 aliphatic rings. The van der Waals surface area contributed by atoms with E-state index in [4.69, 9.17) is 16.9 Å². The van der Waals surface area contributed by atoms with Crippen LogP contribution in [0.15, 0.2) is 59.6 Å². The minimum absolute atomic E-state index is 0.417. The monoisotopic (exact) mass is 240 g/mol. The van der Waals surface area contributed by atoms with E-state index in [1.807, 2.05) is 30.3 Å². The zero-order valence-corrected chi connectivity index (χ0v) is 9.72. The lowest BCUT2D eigenvalue weighted by Gasteiger charge is -1.99. The van der Waals surface area contributed by atoms with Gasteiger partial charge in [0.05, 0.1) is 17.3 Å². The summed E-state index contributed by atoms with van der Waals surface area (Å²) in [7, 11) is 0. The van der Waals surface area contributed by atoms with E-state index in [2.05, 4.69) is 11.1 Å². The molecular weight excluding hydrogens is 232 g/mol. The Balaban J connectivity index is 2.28. The molecule has 0 bridgehead atoms. The maximum absolute atomic E-state index is 8.69. The first-order chi connectivity index (χ1) is 8.29. The Kier molecular flexibility index (Phi) is 3.54. The molecule has 0 aromatic heterocycles. The lowest BCUT2D eigenvalue weighted by atomic mass is 10.1. The highest BCUT2D eigenvalue weighted by Gasteiger charge is 2.00. The number of nitriles is 1. The van der Waals surface area contributed by atoms with Gasteiger partial charge < -0.3 is 0 Å². The molecule has 0 atom stereocenters. The van der Waals surface area contributed by atoms with Gasteiger partial charge in [-0.2, -0.15) is 5.26 Å². The van der Waals surface area contributed by atoms with Crippen molar-refractivity contribution in [3.8, 4) is 6.07 Å². The van der Waals surface area contributed by atoms with Crippen molar-refractivity contribution in [3.05, 3.63) is 65.7 Å². The van der Waals surface area contributed by atoms with E-state index in [0.717, 1.165) is 11.3 Å². The molecule has 2 rings (SSSR count). The molecule has 17 heavy (non-hydrogen) atoms. The van der Waals surface area contributed by atoms with Gasteiger partial charge in [0, 0.05) is 5.56 Å². The Morgan fingerprint density at radius 2 is 1.65 bits per heavy atom. The number of aliphatic imine (C=N–C) groups is 1. The number of halogens is 1. The fourth-order valence-electron chi connectivity index (χ4n) is 1.36. The second-order valence-corrected chi connectivity index (χ2v) is 3.79. The maximum atomic E-state index is 8.69. The number of para-hydroxylation sites is 1. The fraction of sp³-hybridized carbons (Fsp3) is 0. The first-order valence-electron chi connectivity index (χ1n) is 5.09. The lowest BCUT2D eigenvalue weighted by molar-refractivity contribution is 1.47. The van der Waals surface area contributed by atoms with Gasteiger partial charge in [0.15, 0.2) is 0 Å². The van der Waals surface area contributed by atoms with Gasteiger partial charge in [0.1, 0.15) is 5.17 Å². The van der Waals surface area contributed by atoms with Crippen LogP contribution < -0.4 is 0 Å². The minimum Gasteiger partial charge on any atom is -0.236 e. The molecule has 0 heterocycles. The molecule has 82 valence electrons. The lowest BCUT2D eigenvalue weighted by Crippen LogP contribution is -1.90. The van der Waals surface area contributed by atoms with Crippen LogP contribution in [-0.4, -0.2) is 5.17 Å². The van der Waals surface area contributed by atoms with E-state index in [9.17, 15) is 0 Å². The summed E-state index contributed by atoms with van der Waals surface area (Å²) in [6, 6.07) is 18.6. The van der Waals surface area contributed by atoms with E-state index in [0.29, 0.717) is 10.7 Å². The zero-order chi connectivity index (χ0) is 12.1. The van der Waals surface area contributed by atoms with E-state index in [-0.39, 0.29) is 0 Å². The van der Waals surface area contributed by atoms with Crippen LogP contribution in [-0.2, 0) is 0 Å². The second-order valence-electron chi connectivity index (χ2n) is 3.43. The standard InChI is InChI=1S/C14H9ClN2/c15-14(17-13-4-2-1-3-5-13)12-8-6-11(10-16)7-9-12/h1-9H. The number of hydrogen-bond acceptors (Lipinski definition) is 2. The third kappa shape index (κ3) is 2.93. The normalized spacial score (nSPS) is 10.9. The van der Waals surface area contributed by atoms with Gasteiger partial charge in [-0.3, -0.25) is 0 Å². The van der Waals surface area contributed by atoms with Crippen molar-refractivity contribution in [3.63, 3.8) is 0 Å². The molecule has 0 unspecified atom stereocenters. The summed E-state index contributed by atoms with van der Waals surface area (Å²) in [5, 5.41) is 9.11. The predicted octanol–water partition coefficient (Wildman–Crippen LogP) is 3.88. The van der Waals surface area contributed by atoms with Crippen LogP contribution in [0.2, 0.25) is 0 Å². The van der Waals surface area contributed by atoms with E-state index >= 15 is 0 Å². The highest BCUT2D eigenvalue weighted by atomic mass is 35.5. The molecule has 0 saturated heterocycles. The van der Waals surface area contributed by atoms with Crippen LogP contribution in [0.5, 0.6) is 0 Å². The summed E-state index contributed by atoms with van der Waals surface area (Å²) in [6.45, 7) is 0. The first-order valence-corrected chi connectivity index (χ1v) is 5.47. The average Bonchev–Trinajstić information content (AvgIpc) is 2.40. The summed E-state index contributed by atoms with van der Waals surface area (Å²) in [6.07, 6.45) is 0. The van der Waals surface area contributed by atoms with Crippen molar-refractivity contribution >= 4 is 22.5 Å². The fourth-order valence-corrected chi connectivity index (χ4v) is 1.59. The van der Waals surface area contributed by atoms with Crippen LogP contribution in [0.3, 0.4) is 0 Å². The Bertz CT molecular complexity index is 565. The van der Waals surface area contributed by atoms with Crippen LogP contribution in [0.1, 0.15) is 11.1 Å². The largest absolute Gasteiger partial charge is 0.236 e. The van der Waals surface area contributed by atoms with Gasteiger partial charge in [0.25, 0.3) is 0 Å². The quantitative estimate of drug-likeness (QED) is 0.734. The SMILES string of the molecule is N#Cc1ccc(C(Cl)=Nc2ccccc2)cc1. The molecule has 2 aromatic rings. The Labute approximate surface area is 105 Å². The highest BCUT2D eigenvalue weighted by Crippen LogP contribution is 2.15. The van der Waals surface area contributed by atoms with Gasteiger partial charge in [-0.15, -0.1) is 0 Å². The molecule has 0 fully saturated rings. The highest BCUT2D eigenvalue weighted by molar-refractivity contribution is 6.69. The molecule has 0 saturated carbocycles. The van der Waals surface area contributed by atoms with Crippen molar-refractivity contribution in [1.29, 1.82) is 5.26 Å². The maximum Gasteiger partial charge on any atom is 0.136 e. The van der Waals surface area contributed by atoms with E-state index < -0.39 is 0 Å². The van der Waals surface area contributed by atoms with Crippen molar-refractivity contribution < 1.29 is 0 Å². The van der Waals surface area contributed by atoms with Crippen LogP contribution in [0, 0.1) is 11.3 Å². The Morgan fingerprint density at radius 3 is 2.24 bits per heavy atom. The van der Waals surface area contributed by atoms with Crippen molar-refractivity contribution in [1.82, 2.24) is 0 Å². The molecule has 0 aliphatic heterocycles. The predicted molar refractivity (Wildman–Crippen MR) is 69.6 cm³/mol. The van der Waals surface area contributed by atoms with Crippen LogP contribution in [0.25, 0.3) is 0 Å². The van der Waals surface area contributed by atoms with Gasteiger partial charge in [-0.05, 0) is 24.3 Å². The van der Waals surface area contributed by atoms with Gasteiger partial charge >= 0.3 is 0 Å². The van der Waals surface area contributed by atoms with Crippen molar-refractivity contribution in [2.45, 2.75) is 0 Å². The molecule has 2 aromatic carbocycles. The molecule has 0 amide bonds. The summed E-state index contributed by atoms with van der Waals surface area (Å²) >= 11 is 6.10. The summed E-state index contributed by atoms with van der Waals surface area (Å²) in [5.74, 6) is 0. The van der Waals surface area contributed by atoms with Crippen LogP contribution >= 0.6 is 11.6 Å². The molecule has 2 nitrogen and oxygen atoms in total. The second kappa shape index (κ2) is 5.29. The average molecular weight is 241 g/mol. The zero-order valence-electron chi connectivity index (χ0n) is 8.97. The van der Waals surface area contributed by atoms with Crippen molar-refractivity contribution in [2.75, 3.05) is 0 Å². The van der Waals surface area contributed by atoms with Gasteiger partial charge in [-0.1, -0.05) is 41.9 Å². The van der Waals surface area contributed by atoms with Crippen LogP contribution in [0.4, 0.5) is 5.69 Å². The third-order valence-electron chi connectivity index (χ3n) is 2.24. The Hall–Kier alpha value is -2.11. The number of benzene rings is 2. The molecule has 0 aliphatic carbocycles. The first kappa shape index (κ1) is 11.4. The minimum atomic E-state index is 0.417. The molecule has 0 N–H and O–H groups in total. The summed E-state index contributed by atoms with van der Waals surface area (Å²) in [5.41, 5.74) is 2.22. The molecule has 0 radical (unpaired) electrons. The number of hydrogen-bond donors (Lipinski definition) is 0. The topological polar surface area (TPSA) is 36.1 Å². The smallest absolute Gasteiger partial charge is 0.136 e. The molecule has 0 spiro atoms. The van der Waals surface area contributed by atoms with E-state index in [1.54, 1.807) is 24.3 Å². The summed E-state index contributed by atoms with van der Waals surface area (Å²) in [4.78, 5) is 4.28. The third-order valence-corrected chi connectivity index (χ3v) is 2.54. The van der Waals surface area contributed by atoms with E-state index in [1.165, 1.54) is 0 Å². The van der Waals surface area contributed by atoms with Gasteiger partial charge in [0.2, 0.25) is 0 Å². The molecule has 3 heteroatoms. The Morgan fingerprint density at radius 1 is 1.00 bits per heavy atom. The summed E-state index contributed by atoms with van der Waals surface area (Å²) < 4.78 is 0.